The normalized spacial score (nSPS) is 22.7. The molecule has 1 aromatic rings. The highest BCUT2D eigenvalue weighted by Gasteiger charge is 2.37. The molecule has 1 fully saturated rings. The number of ether oxygens (including phenoxy) is 2. The number of nitrogens with one attached hydrogen (secondary N) is 3. The molecule has 0 aliphatic carbocycles. The van der Waals surface area contributed by atoms with Crippen LogP contribution >= 0.6 is 0 Å². The molecular formula is C16H23N3O5. The lowest BCUT2D eigenvalue weighted by Gasteiger charge is -2.22. The number of methoxy groups -OCH3 is 1. The number of aliphatic hydroxyl groups is 1. The summed E-state index contributed by atoms with van der Waals surface area (Å²) in [6.07, 6.45) is -1.61. The Bertz CT molecular complexity index is 563. The Hall–Kier alpha value is -2.32. The number of hydrogen-bond donors (Lipinski definition) is 4. The SMILES string of the molecule is CNC(=O)CNC(=O)O[C@@H]1[C@@H](O)CN[C@@H]1Cc1ccc(OC)cc1. The second-order valence-electron chi connectivity index (χ2n) is 5.53. The molecule has 0 radical (unpaired) electrons. The maximum Gasteiger partial charge on any atom is 0.407 e. The monoisotopic (exact) mass is 337 g/mol. The number of benzene rings is 1. The number of aliphatic hydroxyl groups excluding tert-OH is 1. The van der Waals surface area contributed by atoms with Crippen LogP contribution in [0.15, 0.2) is 24.3 Å². The summed E-state index contributed by atoms with van der Waals surface area (Å²) >= 11 is 0. The van der Waals surface area contributed by atoms with Crippen molar-refractivity contribution in [2.75, 3.05) is 27.2 Å². The van der Waals surface area contributed by atoms with Crippen LogP contribution in [0.1, 0.15) is 5.56 Å². The first-order valence-electron chi connectivity index (χ1n) is 7.73. The van der Waals surface area contributed by atoms with Gasteiger partial charge < -0.3 is 30.5 Å². The van der Waals surface area contributed by atoms with E-state index in [2.05, 4.69) is 16.0 Å². The molecule has 4 N–H and O–H groups in total. The molecule has 1 heterocycles. The van der Waals surface area contributed by atoms with E-state index in [4.69, 9.17) is 9.47 Å². The lowest BCUT2D eigenvalue weighted by molar-refractivity contribution is -0.119. The summed E-state index contributed by atoms with van der Waals surface area (Å²) in [5.74, 6) is 0.436. The van der Waals surface area contributed by atoms with Gasteiger partial charge in [0.2, 0.25) is 5.91 Å². The summed E-state index contributed by atoms with van der Waals surface area (Å²) in [7, 11) is 3.08. The Morgan fingerprint density at radius 2 is 2.04 bits per heavy atom. The maximum absolute atomic E-state index is 11.8. The largest absolute Gasteiger partial charge is 0.497 e. The van der Waals surface area contributed by atoms with Crippen molar-refractivity contribution in [1.82, 2.24) is 16.0 Å². The number of carbonyl (C=O) groups is 2. The van der Waals surface area contributed by atoms with Crippen LogP contribution < -0.4 is 20.7 Å². The predicted octanol–water partition coefficient (Wildman–Crippen LogP) is -0.589. The fourth-order valence-corrected chi connectivity index (χ4v) is 2.54. The Balaban J connectivity index is 1.91. The summed E-state index contributed by atoms with van der Waals surface area (Å²) in [4.78, 5) is 22.9. The van der Waals surface area contributed by atoms with Crippen molar-refractivity contribution in [3.63, 3.8) is 0 Å². The quantitative estimate of drug-likeness (QED) is 0.553. The van der Waals surface area contributed by atoms with Crippen LogP contribution in [-0.4, -0.2) is 62.6 Å². The topological polar surface area (TPSA) is 109 Å². The van der Waals surface area contributed by atoms with E-state index in [0.717, 1.165) is 11.3 Å². The Labute approximate surface area is 140 Å². The highest BCUT2D eigenvalue weighted by Crippen LogP contribution is 2.19. The van der Waals surface area contributed by atoms with Gasteiger partial charge in [-0.15, -0.1) is 0 Å². The number of amides is 2. The van der Waals surface area contributed by atoms with Crippen molar-refractivity contribution in [3.8, 4) is 5.75 Å². The van der Waals surface area contributed by atoms with Crippen LogP contribution in [0.25, 0.3) is 0 Å². The van der Waals surface area contributed by atoms with Gasteiger partial charge in [-0.2, -0.15) is 0 Å². The first-order valence-corrected chi connectivity index (χ1v) is 7.73. The summed E-state index contributed by atoms with van der Waals surface area (Å²) in [5, 5.41) is 17.9. The molecule has 8 heteroatoms. The number of rotatable bonds is 6. The van der Waals surface area contributed by atoms with E-state index in [9.17, 15) is 14.7 Å². The van der Waals surface area contributed by atoms with Crippen LogP contribution in [0.3, 0.4) is 0 Å². The standard InChI is InChI=1S/C16H23N3O5/c1-17-14(21)9-19-16(22)24-15-12(18-8-13(15)20)7-10-3-5-11(23-2)6-4-10/h3-6,12-13,15,18,20H,7-9H2,1-2H3,(H,17,21)(H,19,22)/t12-,13+,15+/m1/s1. The lowest BCUT2D eigenvalue weighted by atomic mass is 10.0. The third-order valence-electron chi connectivity index (χ3n) is 3.89. The molecule has 3 atom stereocenters. The zero-order chi connectivity index (χ0) is 17.5. The van der Waals surface area contributed by atoms with E-state index in [-0.39, 0.29) is 18.5 Å². The average molecular weight is 337 g/mol. The van der Waals surface area contributed by atoms with Crippen molar-refractivity contribution >= 4 is 12.0 Å². The van der Waals surface area contributed by atoms with Gasteiger partial charge in [0.25, 0.3) is 0 Å². The number of β-amino-alcohol motifs (C(OH)–C–C–N with tert-alkyl or cyclic N) is 1. The fraction of sp³-hybridized carbons (Fsp3) is 0.500. The molecule has 0 saturated carbocycles. The molecule has 24 heavy (non-hydrogen) atoms. The molecule has 0 bridgehead atoms. The summed E-state index contributed by atoms with van der Waals surface area (Å²) < 4.78 is 10.4. The van der Waals surface area contributed by atoms with Crippen LogP contribution in [-0.2, 0) is 16.0 Å². The summed E-state index contributed by atoms with van der Waals surface area (Å²) in [6, 6.07) is 7.35. The predicted molar refractivity (Wildman–Crippen MR) is 86.8 cm³/mol. The van der Waals surface area contributed by atoms with Gasteiger partial charge in [0, 0.05) is 13.6 Å². The van der Waals surface area contributed by atoms with Gasteiger partial charge in [-0.3, -0.25) is 4.79 Å². The van der Waals surface area contributed by atoms with Crippen molar-refractivity contribution in [1.29, 1.82) is 0 Å². The van der Waals surface area contributed by atoms with Crippen molar-refractivity contribution in [3.05, 3.63) is 29.8 Å². The van der Waals surface area contributed by atoms with Gasteiger partial charge in [0.15, 0.2) is 0 Å². The highest BCUT2D eigenvalue weighted by molar-refractivity contribution is 5.81. The van der Waals surface area contributed by atoms with Crippen LogP contribution in [0.4, 0.5) is 4.79 Å². The van der Waals surface area contributed by atoms with E-state index < -0.39 is 18.3 Å². The molecule has 0 aromatic heterocycles. The first-order chi connectivity index (χ1) is 11.5. The number of alkyl carbamates (subject to hydrolysis) is 1. The van der Waals surface area contributed by atoms with Gasteiger partial charge in [0.1, 0.15) is 18.0 Å². The van der Waals surface area contributed by atoms with Gasteiger partial charge in [-0.1, -0.05) is 12.1 Å². The molecule has 132 valence electrons. The minimum atomic E-state index is -0.793. The third-order valence-corrected chi connectivity index (χ3v) is 3.89. The maximum atomic E-state index is 11.8. The zero-order valence-electron chi connectivity index (χ0n) is 13.7. The number of hydrogen-bond acceptors (Lipinski definition) is 6. The van der Waals surface area contributed by atoms with E-state index in [1.807, 2.05) is 24.3 Å². The van der Waals surface area contributed by atoms with E-state index in [1.54, 1.807) is 7.11 Å². The molecule has 0 unspecified atom stereocenters. The molecule has 1 aliphatic rings. The lowest BCUT2D eigenvalue weighted by Crippen LogP contribution is -2.43. The smallest absolute Gasteiger partial charge is 0.407 e. The van der Waals surface area contributed by atoms with Gasteiger partial charge in [-0.25, -0.2) is 4.79 Å². The molecule has 1 saturated heterocycles. The first kappa shape index (κ1) is 18.0. The van der Waals surface area contributed by atoms with E-state index in [0.29, 0.717) is 13.0 Å². The molecule has 2 amide bonds. The van der Waals surface area contributed by atoms with Crippen molar-refractivity contribution < 1.29 is 24.2 Å². The molecule has 1 aromatic carbocycles. The zero-order valence-corrected chi connectivity index (χ0v) is 13.7. The fourth-order valence-electron chi connectivity index (χ4n) is 2.54. The van der Waals surface area contributed by atoms with Gasteiger partial charge in [-0.05, 0) is 24.1 Å². The molecule has 0 spiro atoms. The second-order valence-corrected chi connectivity index (χ2v) is 5.53. The van der Waals surface area contributed by atoms with Gasteiger partial charge >= 0.3 is 6.09 Å². The number of carbonyl (C=O) groups excluding carboxylic acids is 2. The minimum Gasteiger partial charge on any atom is -0.497 e. The molecular weight excluding hydrogens is 314 g/mol. The van der Waals surface area contributed by atoms with Crippen LogP contribution in [0.5, 0.6) is 5.75 Å². The Morgan fingerprint density at radius 1 is 1.33 bits per heavy atom. The van der Waals surface area contributed by atoms with Crippen LogP contribution in [0.2, 0.25) is 0 Å². The molecule has 8 nitrogen and oxygen atoms in total. The minimum absolute atomic E-state index is 0.172. The molecule has 1 aliphatic heterocycles. The second kappa shape index (κ2) is 8.51. The van der Waals surface area contributed by atoms with E-state index >= 15 is 0 Å². The summed E-state index contributed by atoms with van der Waals surface area (Å²) in [5.41, 5.74) is 1.03. The third kappa shape index (κ3) is 4.84. The van der Waals surface area contributed by atoms with E-state index in [1.165, 1.54) is 7.05 Å². The highest BCUT2D eigenvalue weighted by atomic mass is 16.6. The van der Waals surface area contributed by atoms with Gasteiger partial charge in [0.05, 0.1) is 19.7 Å². The average Bonchev–Trinajstić information content (AvgIpc) is 2.93. The van der Waals surface area contributed by atoms with Crippen molar-refractivity contribution in [2.45, 2.75) is 24.7 Å². The van der Waals surface area contributed by atoms with Crippen LogP contribution in [0, 0.1) is 0 Å². The van der Waals surface area contributed by atoms with Crippen molar-refractivity contribution in [2.24, 2.45) is 0 Å². The summed E-state index contributed by atoms with van der Waals surface area (Å²) in [6.45, 7) is 0.170. The number of likely N-dealkylation sites (N-methyl/N-ethyl adjacent to an activating group) is 1. The Kier molecular flexibility index (Phi) is 6.39. The Morgan fingerprint density at radius 3 is 2.67 bits per heavy atom. The molecule has 2 rings (SSSR count).